The maximum Gasteiger partial charge on any atom is 0.330 e. The molecule has 0 unspecified atom stereocenters. The van der Waals surface area contributed by atoms with E-state index < -0.39 is 5.97 Å². The van der Waals surface area contributed by atoms with Gasteiger partial charge in [0.25, 0.3) is 0 Å². The highest BCUT2D eigenvalue weighted by Gasteiger charge is 2.02. The van der Waals surface area contributed by atoms with Crippen LogP contribution in [-0.4, -0.2) is 23.5 Å². The lowest BCUT2D eigenvalue weighted by molar-refractivity contribution is -0.132. The van der Waals surface area contributed by atoms with Crippen LogP contribution in [0.15, 0.2) is 12.2 Å². The smallest absolute Gasteiger partial charge is 0.330 e. The molecule has 0 spiro atoms. The molecule has 0 fully saturated rings. The first-order valence-electron chi connectivity index (χ1n) is 4.19. The van der Waals surface area contributed by atoms with Crippen molar-refractivity contribution >= 4 is 11.9 Å². The van der Waals surface area contributed by atoms with Crippen LogP contribution in [0.3, 0.4) is 0 Å². The highest BCUT2D eigenvalue weighted by atomic mass is 16.4. The summed E-state index contributed by atoms with van der Waals surface area (Å²) in [6.45, 7) is 5.45. The van der Waals surface area contributed by atoms with Gasteiger partial charge in [-0.3, -0.25) is 4.79 Å². The number of amides is 1. The summed E-state index contributed by atoms with van der Waals surface area (Å²) in [6.07, 6.45) is 2.01. The van der Waals surface area contributed by atoms with Gasteiger partial charge in [0.1, 0.15) is 0 Å². The van der Waals surface area contributed by atoms with Gasteiger partial charge in [0.15, 0.2) is 0 Å². The van der Waals surface area contributed by atoms with Gasteiger partial charge in [0, 0.05) is 19.0 Å². The Morgan fingerprint density at radius 1 is 1.38 bits per heavy atom. The van der Waals surface area contributed by atoms with Gasteiger partial charge >= 0.3 is 5.97 Å². The lowest BCUT2D eigenvalue weighted by atomic mass is 10.1. The highest BCUT2D eigenvalue weighted by Crippen LogP contribution is 2.04. The number of carboxylic acid groups (broad SMARTS) is 1. The first-order valence-corrected chi connectivity index (χ1v) is 4.19. The molecule has 0 aliphatic carbocycles. The fourth-order valence-electron chi connectivity index (χ4n) is 0.835. The van der Waals surface area contributed by atoms with Crippen LogP contribution in [0.1, 0.15) is 26.2 Å². The van der Waals surface area contributed by atoms with Gasteiger partial charge in [-0.15, -0.1) is 0 Å². The van der Waals surface area contributed by atoms with Gasteiger partial charge in [-0.1, -0.05) is 6.58 Å². The molecule has 0 aromatic heterocycles. The first kappa shape index (κ1) is 11.7. The zero-order valence-corrected chi connectivity index (χ0v) is 7.80. The Bertz CT molecular complexity index is 211. The number of aliphatic carboxylic acids is 1. The predicted octanol–water partition coefficient (Wildman–Crippen LogP) is 0.934. The molecule has 0 saturated heterocycles. The molecule has 0 bridgehead atoms. The normalized spacial score (nSPS) is 9.31. The summed E-state index contributed by atoms with van der Waals surface area (Å²) < 4.78 is 0. The van der Waals surface area contributed by atoms with Crippen molar-refractivity contribution in [3.63, 3.8) is 0 Å². The molecule has 0 atom stereocenters. The van der Waals surface area contributed by atoms with E-state index in [1.165, 1.54) is 6.92 Å². The lowest BCUT2D eigenvalue weighted by Crippen LogP contribution is -2.20. The average Bonchev–Trinajstić information content (AvgIpc) is 2.02. The number of carbonyl (C=O) groups excluding carboxylic acids is 1. The maximum absolute atomic E-state index is 10.4. The molecule has 0 aromatic carbocycles. The van der Waals surface area contributed by atoms with E-state index >= 15 is 0 Å². The predicted molar refractivity (Wildman–Crippen MR) is 49.3 cm³/mol. The number of carboxylic acids is 1. The summed E-state index contributed by atoms with van der Waals surface area (Å²) in [4.78, 5) is 20.7. The van der Waals surface area contributed by atoms with E-state index in [0.29, 0.717) is 13.0 Å². The number of hydrogen-bond acceptors (Lipinski definition) is 2. The quantitative estimate of drug-likeness (QED) is 0.478. The van der Waals surface area contributed by atoms with Crippen LogP contribution in [0, 0.1) is 0 Å². The van der Waals surface area contributed by atoms with E-state index in [-0.39, 0.29) is 11.5 Å². The second kappa shape index (κ2) is 6.22. The first-order chi connectivity index (χ1) is 6.04. The number of hydrogen-bond donors (Lipinski definition) is 2. The van der Waals surface area contributed by atoms with Crippen LogP contribution in [0.2, 0.25) is 0 Å². The minimum Gasteiger partial charge on any atom is -0.478 e. The van der Waals surface area contributed by atoms with Gasteiger partial charge in [-0.25, -0.2) is 4.79 Å². The second-order valence-electron chi connectivity index (χ2n) is 2.85. The van der Waals surface area contributed by atoms with Crippen LogP contribution >= 0.6 is 0 Å². The minimum atomic E-state index is -0.945. The molecule has 13 heavy (non-hydrogen) atoms. The van der Waals surface area contributed by atoms with E-state index in [4.69, 9.17) is 5.11 Å². The summed E-state index contributed by atoms with van der Waals surface area (Å²) in [5, 5.41) is 11.1. The maximum atomic E-state index is 10.4. The molecule has 4 nitrogen and oxygen atoms in total. The van der Waals surface area contributed by atoms with E-state index in [0.717, 1.165) is 12.8 Å². The molecule has 0 rings (SSSR count). The molecule has 0 radical (unpaired) electrons. The van der Waals surface area contributed by atoms with Gasteiger partial charge in [-0.2, -0.15) is 0 Å². The van der Waals surface area contributed by atoms with Crippen molar-refractivity contribution in [1.82, 2.24) is 5.32 Å². The zero-order chi connectivity index (χ0) is 10.3. The Balaban J connectivity index is 3.31. The topological polar surface area (TPSA) is 66.4 Å². The molecule has 1 amide bonds. The third kappa shape index (κ3) is 7.05. The Hall–Kier alpha value is -1.32. The molecular weight excluding hydrogens is 170 g/mol. The Kier molecular flexibility index (Phi) is 5.59. The monoisotopic (exact) mass is 185 g/mol. The van der Waals surface area contributed by atoms with Crippen molar-refractivity contribution in [3.05, 3.63) is 12.2 Å². The molecule has 74 valence electrons. The molecule has 2 N–H and O–H groups in total. The van der Waals surface area contributed by atoms with Crippen LogP contribution in [0.25, 0.3) is 0 Å². The van der Waals surface area contributed by atoms with Crippen LogP contribution in [0.5, 0.6) is 0 Å². The summed E-state index contributed by atoms with van der Waals surface area (Å²) >= 11 is 0. The Morgan fingerprint density at radius 3 is 2.46 bits per heavy atom. The van der Waals surface area contributed by atoms with E-state index in [1.807, 2.05) is 0 Å². The van der Waals surface area contributed by atoms with E-state index in [2.05, 4.69) is 11.9 Å². The fraction of sp³-hybridized carbons (Fsp3) is 0.556. The Labute approximate surface area is 77.6 Å². The van der Waals surface area contributed by atoms with Gasteiger partial charge in [0.05, 0.1) is 0 Å². The molecule has 0 saturated carbocycles. The molecule has 0 heterocycles. The summed E-state index contributed by atoms with van der Waals surface area (Å²) in [7, 11) is 0. The fourth-order valence-corrected chi connectivity index (χ4v) is 0.835. The third-order valence-electron chi connectivity index (χ3n) is 1.58. The summed E-state index contributed by atoms with van der Waals surface area (Å²) in [5.41, 5.74) is 0.225. The van der Waals surface area contributed by atoms with E-state index in [9.17, 15) is 9.59 Å². The van der Waals surface area contributed by atoms with Crippen molar-refractivity contribution in [2.45, 2.75) is 26.2 Å². The highest BCUT2D eigenvalue weighted by molar-refractivity contribution is 5.85. The molecule has 0 aromatic rings. The largest absolute Gasteiger partial charge is 0.478 e. The van der Waals surface area contributed by atoms with Gasteiger partial charge in [-0.05, 0) is 19.3 Å². The second-order valence-corrected chi connectivity index (χ2v) is 2.85. The molecule has 0 aliphatic rings. The number of rotatable bonds is 6. The van der Waals surface area contributed by atoms with Crippen molar-refractivity contribution in [1.29, 1.82) is 0 Å². The lowest BCUT2D eigenvalue weighted by Gasteiger charge is -2.01. The zero-order valence-electron chi connectivity index (χ0n) is 7.80. The third-order valence-corrected chi connectivity index (χ3v) is 1.58. The summed E-state index contributed by atoms with van der Waals surface area (Å²) in [6, 6.07) is 0. The van der Waals surface area contributed by atoms with Crippen LogP contribution in [0.4, 0.5) is 0 Å². The number of nitrogens with one attached hydrogen (secondary N) is 1. The van der Waals surface area contributed by atoms with Crippen molar-refractivity contribution in [2.75, 3.05) is 6.54 Å². The van der Waals surface area contributed by atoms with Crippen LogP contribution < -0.4 is 5.32 Å². The van der Waals surface area contributed by atoms with Crippen molar-refractivity contribution < 1.29 is 14.7 Å². The number of unbranched alkanes of at least 4 members (excludes halogenated alkanes) is 1. The van der Waals surface area contributed by atoms with Crippen molar-refractivity contribution in [3.8, 4) is 0 Å². The van der Waals surface area contributed by atoms with Gasteiger partial charge < -0.3 is 10.4 Å². The van der Waals surface area contributed by atoms with Crippen LogP contribution in [-0.2, 0) is 9.59 Å². The van der Waals surface area contributed by atoms with Gasteiger partial charge in [0.2, 0.25) is 5.91 Å². The average molecular weight is 185 g/mol. The molecular formula is C9H15NO3. The molecule has 0 aliphatic heterocycles. The van der Waals surface area contributed by atoms with E-state index in [1.54, 1.807) is 0 Å². The standard InChI is InChI=1S/C9H15NO3/c1-7(9(12)13)5-3-4-6-10-8(2)11/h1,3-6H2,2H3,(H,10,11)(H,12,13). The summed E-state index contributed by atoms with van der Waals surface area (Å²) in [5.74, 6) is -1.00. The minimum absolute atomic E-state index is 0.0583. The Morgan fingerprint density at radius 2 is 2.00 bits per heavy atom. The van der Waals surface area contributed by atoms with Crippen molar-refractivity contribution in [2.24, 2.45) is 0 Å². The SMILES string of the molecule is C=C(CCCCNC(C)=O)C(=O)O. The number of carbonyl (C=O) groups is 2. The molecule has 4 heteroatoms.